The first-order chi connectivity index (χ1) is 10.2. The Balaban J connectivity index is 1.93. The van der Waals surface area contributed by atoms with Crippen molar-refractivity contribution in [2.24, 2.45) is 0 Å². The number of nitriles is 1. The molecule has 3 aromatic rings. The van der Waals surface area contributed by atoms with E-state index >= 15 is 0 Å². The van der Waals surface area contributed by atoms with E-state index in [1.165, 1.54) is 18.4 Å². The molecular weight excluding hydrogens is 284 g/mol. The highest BCUT2D eigenvalue weighted by molar-refractivity contribution is 7.13. The second-order valence-electron chi connectivity index (χ2n) is 4.59. The number of benzene rings is 1. The molecule has 3 rings (SSSR count). The SMILES string of the molecule is COC(=O)c1ccc(Cn2ccc3ccc(C#N)cc32)s1. The van der Waals surface area contributed by atoms with Gasteiger partial charge in [0.15, 0.2) is 0 Å². The summed E-state index contributed by atoms with van der Waals surface area (Å²) in [5.74, 6) is -0.310. The number of hydrogen-bond donors (Lipinski definition) is 0. The Morgan fingerprint density at radius 2 is 2.19 bits per heavy atom. The molecule has 0 fully saturated rings. The van der Waals surface area contributed by atoms with Gasteiger partial charge in [-0.3, -0.25) is 0 Å². The van der Waals surface area contributed by atoms with Crippen molar-refractivity contribution in [3.8, 4) is 6.07 Å². The van der Waals surface area contributed by atoms with Gasteiger partial charge in [-0.2, -0.15) is 5.26 Å². The Morgan fingerprint density at radius 1 is 1.33 bits per heavy atom. The minimum absolute atomic E-state index is 0.310. The molecule has 21 heavy (non-hydrogen) atoms. The number of carbonyl (C=O) groups excluding carboxylic acids is 1. The molecule has 0 amide bonds. The van der Waals surface area contributed by atoms with E-state index in [2.05, 4.69) is 10.6 Å². The fraction of sp³-hybridized carbons (Fsp3) is 0.125. The van der Waals surface area contributed by atoms with Crippen molar-refractivity contribution in [3.63, 3.8) is 0 Å². The lowest BCUT2D eigenvalue weighted by Gasteiger charge is -2.03. The van der Waals surface area contributed by atoms with Gasteiger partial charge in [0, 0.05) is 16.6 Å². The molecule has 0 aliphatic rings. The maximum atomic E-state index is 11.5. The molecule has 0 spiro atoms. The highest BCUT2D eigenvalue weighted by Gasteiger charge is 2.10. The summed E-state index contributed by atoms with van der Waals surface area (Å²) >= 11 is 1.42. The molecule has 0 radical (unpaired) electrons. The largest absolute Gasteiger partial charge is 0.465 e. The molecule has 0 bridgehead atoms. The number of rotatable bonds is 3. The predicted molar refractivity (Wildman–Crippen MR) is 81.4 cm³/mol. The average molecular weight is 296 g/mol. The number of ether oxygens (including phenoxy) is 1. The molecular formula is C16H12N2O2S. The van der Waals surface area contributed by atoms with Gasteiger partial charge in [0.25, 0.3) is 0 Å². The third-order valence-electron chi connectivity index (χ3n) is 3.28. The minimum atomic E-state index is -0.310. The third kappa shape index (κ3) is 2.54. The Bertz CT molecular complexity index is 855. The Hall–Kier alpha value is -2.58. The van der Waals surface area contributed by atoms with Crippen molar-refractivity contribution in [2.75, 3.05) is 7.11 Å². The van der Waals surface area contributed by atoms with Crippen LogP contribution in [-0.2, 0) is 11.3 Å². The van der Waals surface area contributed by atoms with Gasteiger partial charge in [0.05, 0.1) is 25.3 Å². The van der Waals surface area contributed by atoms with E-state index in [4.69, 9.17) is 10.00 Å². The third-order valence-corrected chi connectivity index (χ3v) is 4.33. The lowest BCUT2D eigenvalue weighted by molar-refractivity contribution is 0.0606. The summed E-state index contributed by atoms with van der Waals surface area (Å²) in [7, 11) is 1.38. The van der Waals surface area contributed by atoms with E-state index in [0.29, 0.717) is 17.0 Å². The number of methoxy groups -OCH3 is 1. The van der Waals surface area contributed by atoms with E-state index < -0.39 is 0 Å². The Morgan fingerprint density at radius 3 is 2.95 bits per heavy atom. The first kappa shape index (κ1) is 13.4. The zero-order valence-electron chi connectivity index (χ0n) is 11.4. The maximum Gasteiger partial charge on any atom is 0.348 e. The summed E-state index contributed by atoms with van der Waals surface area (Å²) in [6, 6.07) is 13.5. The second kappa shape index (κ2) is 5.43. The zero-order valence-corrected chi connectivity index (χ0v) is 12.2. The topological polar surface area (TPSA) is 55.0 Å². The van der Waals surface area contributed by atoms with Crippen LogP contribution in [-0.4, -0.2) is 17.6 Å². The number of aromatic nitrogens is 1. The number of nitrogens with zero attached hydrogens (tertiary/aromatic N) is 2. The fourth-order valence-electron chi connectivity index (χ4n) is 2.23. The first-order valence-corrected chi connectivity index (χ1v) is 7.19. The van der Waals surface area contributed by atoms with Gasteiger partial charge in [-0.05, 0) is 35.7 Å². The van der Waals surface area contributed by atoms with Crippen molar-refractivity contribution < 1.29 is 9.53 Å². The van der Waals surface area contributed by atoms with Crippen LogP contribution in [0, 0.1) is 11.3 Å². The lowest BCUT2D eigenvalue weighted by atomic mass is 10.2. The van der Waals surface area contributed by atoms with E-state index in [0.717, 1.165) is 15.8 Å². The Labute approximate surface area is 125 Å². The van der Waals surface area contributed by atoms with E-state index in [-0.39, 0.29) is 5.97 Å². The van der Waals surface area contributed by atoms with Crippen LogP contribution in [0.4, 0.5) is 0 Å². The molecule has 0 saturated carbocycles. The summed E-state index contributed by atoms with van der Waals surface area (Å²) in [5, 5.41) is 10.1. The highest BCUT2D eigenvalue weighted by Crippen LogP contribution is 2.22. The summed E-state index contributed by atoms with van der Waals surface area (Å²) in [6.07, 6.45) is 1.99. The molecule has 4 nitrogen and oxygen atoms in total. The quantitative estimate of drug-likeness (QED) is 0.696. The van der Waals surface area contributed by atoms with Crippen LogP contribution in [0.15, 0.2) is 42.6 Å². The lowest BCUT2D eigenvalue weighted by Crippen LogP contribution is -1.97. The summed E-state index contributed by atoms with van der Waals surface area (Å²) in [5.41, 5.74) is 1.66. The van der Waals surface area contributed by atoms with E-state index in [1.54, 1.807) is 6.07 Å². The van der Waals surface area contributed by atoms with Crippen molar-refractivity contribution in [2.45, 2.75) is 6.54 Å². The molecule has 5 heteroatoms. The first-order valence-electron chi connectivity index (χ1n) is 6.37. The van der Waals surface area contributed by atoms with Gasteiger partial charge in [-0.25, -0.2) is 4.79 Å². The minimum Gasteiger partial charge on any atom is -0.465 e. The Kier molecular flexibility index (Phi) is 3.46. The van der Waals surface area contributed by atoms with Crippen LogP contribution < -0.4 is 0 Å². The van der Waals surface area contributed by atoms with Crippen LogP contribution in [0.5, 0.6) is 0 Å². The summed E-state index contributed by atoms with van der Waals surface area (Å²) < 4.78 is 6.79. The van der Waals surface area contributed by atoms with Crippen LogP contribution in [0.2, 0.25) is 0 Å². The highest BCUT2D eigenvalue weighted by atomic mass is 32.1. The van der Waals surface area contributed by atoms with Gasteiger partial charge >= 0.3 is 5.97 Å². The molecule has 0 atom stereocenters. The number of thiophene rings is 1. The summed E-state index contributed by atoms with van der Waals surface area (Å²) in [4.78, 5) is 13.1. The molecule has 2 aromatic heterocycles. The maximum absolute atomic E-state index is 11.5. The van der Waals surface area contributed by atoms with Gasteiger partial charge in [-0.15, -0.1) is 11.3 Å². The van der Waals surface area contributed by atoms with Crippen molar-refractivity contribution in [1.29, 1.82) is 5.26 Å². The molecule has 0 aliphatic heterocycles. The summed E-state index contributed by atoms with van der Waals surface area (Å²) in [6.45, 7) is 0.667. The fourth-order valence-corrected chi connectivity index (χ4v) is 3.16. The normalized spacial score (nSPS) is 10.5. The van der Waals surface area contributed by atoms with Crippen molar-refractivity contribution >= 4 is 28.2 Å². The van der Waals surface area contributed by atoms with E-state index in [1.807, 2.05) is 36.5 Å². The monoisotopic (exact) mass is 296 g/mol. The second-order valence-corrected chi connectivity index (χ2v) is 5.75. The number of hydrogen-bond acceptors (Lipinski definition) is 4. The molecule has 0 unspecified atom stereocenters. The van der Waals surface area contributed by atoms with Gasteiger partial charge < -0.3 is 9.30 Å². The molecule has 1 aromatic carbocycles. The van der Waals surface area contributed by atoms with Crippen LogP contribution in [0.3, 0.4) is 0 Å². The van der Waals surface area contributed by atoms with Crippen LogP contribution >= 0.6 is 11.3 Å². The predicted octanol–water partition coefficient (Wildman–Crippen LogP) is 3.41. The zero-order chi connectivity index (χ0) is 14.8. The number of fused-ring (bicyclic) bond motifs is 1. The molecule has 2 heterocycles. The number of carbonyl (C=O) groups is 1. The van der Waals surface area contributed by atoms with Gasteiger partial charge in [0.2, 0.25) is 0 Å². The van der Waals surface area contributed by atoms with Crippen molar-refractivity contribution in [1.82, 2.24) is 4.57 Å². The van der Waals surface area contributed by atoms with Crippen LogP contribution in [0.1, 0.15) is 20.1 Å². The average Bonchev–Trinajstić information content (AvgIpc) is 3.14. The standard InChI is InChI=1S/C16H12N2O2S/c1-20-16(19)15-5-4-13(21-15)10-18-7-6-12-3-2-11(9-17)8-14(12)18/h2-8H,10H2,1H3. The van der Waals surface area contributed by atoms with Gasteiger partial charge in [0.1, 0.15) is 4.88 Å². The molecule has 0 aliphatic carbocycles. The number of esters is 1. The van der Waals surface area contributed by atoms with Crippen LogP contribution in [0.25, 0.3) is 10.9 Å². The van der Waals surface area contributed by atoms with Gasteiger partial charge in [-0.1, -0.05) is 6.07 Å². The molecule has 0 N–H and O–H groups in total. The van der Waals surface area contributed by atoms with E-state index in [9.17, 15) is 4.79 Å². The molecule has 0 saturated heterocycles. The van der Waals surface area contributed by atoms with Crippen molar-refractivity contribution in [3.05, 3.63) is 57.9 Å². The smallest absolute Gasteiger partial charge is 0.348 e. The molecule has 104 valence electrons.